The Hall–Kier alpha value is -2.80. The van der Waals surface area contributed by atoms with Crippen LogP contribution in [0.1, 0.15) is 29.6 Å². The number of anilines is 1. The van der Waals surface area contributed by atoms with Gasteiger partial charge in [0.25, 0.3) is 5.91 Å². The number of nitrogens with one attached hydrogen (secondary N) is 1. The minimum atomic E-state index is -0.303. The number of carbonyl (C=O) groups is 3. The van der Waals surface area contributed by atoms with Crippen molar-refractivity contribution in [3.8, 4) is 0 Å². The van der Waals surface area contributed by atoms with E-state index >= 15 is 0 Å². The van der Waals surface area contributed by atoms with Crippen LogP contribution in [-0.2, 0) is 9.59 Å². The topological polar surface area (TPSA) is 69.7 Å². The second-order valence-corrected chi connectivity index (χ2v) is 8.92. The Morgan fingerprint density at radius 1 is 1.00 bits per heavy atom. The zero-order valence-electron chi connectivity index (χ0n) is 17.6. The Kier molecular flexibility index (Phi) is 6.61. The van der Waals surface area contributed by atoms with E-state index in [1.165, 1.54) is 0 Å². The zero-order valence-corrected chi connectivity index (χ0v) is 18.4. The summed E-state index contributed by atoms with van der Waals surface area (Å²) in [7, 11) is 0. The fourth-order valence-corrected chi connectivity index (χ4v) is 4.65. The Bertz CT molecular complexity index is 940. The molecule has 0 spiro atoms. The van der Waals surface area contributed by atoms with Crippen molar-refractivity contribution in [3.05, 3.63) is 60.2 Å². The largest absolute Gasteiger partial charge is 0.349 e. The van der Waals surface area contributed by atoms with Gasteiger partial charge in [0, 0.05) is 48.2 Å². The second kappa shape index (κ2) is 9.56. The normalized spacial score (nSPS) is 19.5. The molecular formula is C24H27N3O3S. The van der Waals surface area contributed by atoms with Crippen molar-refractivity contribution in [2.24, 2.45) is 5.92 Å². The first kappa shape index (κ1) is 21.4. The zero-order chi connectivity index (χ0) is 21.8. The van der Waals surface area contributed by atoms with E-state index in [1.54, 1.807) is 28.8 Å². The van der Waals surface area contributed by atoms with Gasteiger partial charge in [0.05, 0.1) is 5.92 Å². The van der Waals surface area contributed by atoms with Gasteiger partial charge in [0.15, 0.2) is 0 Å². The standard InChI is InChI=1S/C24H27N3O3S/c1-31-21-9-7-20(8-10-21)27-16-18(15-22(27)28)24(30)26-13-11-19(12-14-26)25-23(29)17-5-3-2-4-6-17/h2-10,18-19H,11-16H2,1H3,(H,25,29)/t18-/m0/s1. The number of likely N-dealkylation sites (tertiary alicyclic amines) is 1. The molecule has 2 aliphatic heterocycles. The molecule has 2 fully saturated rings. The lowest BCUT2D eigenvalue weighted by atomic mass is 10.0. The van der Waals surface area contributed by atoms with Gasteiger partial charge < -0.3 is 15.1 Å². The molecule has 2 heterocycles. The Labute approximate surface area is 187 Å². The molecule has 162 valence electrons. The molecule has 0 aliphatic carbocycles. The van der Waals surface area contributed by atoms with Crippen LogP contribution in [0.15, 0.2) is 59.5 Å². The number of hydrogen-bond donors (Lipinski definition) is 1. The first-order chi connectivity index (χ1) is 15.0. The fourth-order valence-electron chi connectivity index (χ4n) is 4.25. The number of benzene rings is 2. The molecule has 2 aromatic rings. The molecule has 6 nitrogen and oxygen atoms in total. The van der Waals surface area contributed by atoms with E-state index in [2.05, 4.69) is 5.32 Å². The van der Waals surface area contributed by atoms with E-state index in [-0.39, 0.29) is 36.1 Å². The molecule has 1 atom stereocenters. The predicted molar refractivity (Wildman–Crippen MR) is 122 cm³/mol. The summed E-state index contributed by atoms with van der Waals surface area (Å²) >= 11 is 1.66. The van der Waals surface area contributed by atoms with Crippen molar-refractivity contribution in [3.63, 3.8) is 0 Å². The summed E-state index contributed by atoms with van der Waals surface area (Å²) in [5.74, 6) is -0.331. The third-order valence-electron chi connectivity index (χ3n) is 6.04. The highest BCUT2D eigenvalue weighted by molar-refractivity contribution is 7.98. The number of rotatable bonds is 5. The van der Waals surface area contributed by atoms with Crippen molar-refractivity contribution in [2.45, 2.75) is 30.2 Å². The Balaban J connectivity index is 1.29. The number of nitrogens with zero attached hydrogens (tertiary/aromatic N) is 2. The van der Waals surface area contributed by atoms with Crippen LogP contribution in [0.25, 0.3) is 0 Å². The molecule has 0 unspecified atom stereocenters. The molecule has 2 aliphatic rings. The molecule has 0 bridgehead atoms. The highest BCUT2D eigenvalue weighted by atomic mass is 32.2. The number of thioether (sulfide) groups is 1. The van der Waals surface area contributed by atoms with Crippen LogP contribution in [0.3, 0.4) is 0 Å². The van der Waals surface area contributed by atoms with Gasteiger partial charge in [-0.05, 0) is 55.5 Å². The summed E-state index contributed by atoms with van der Waals surface area (Å²) in [4.78, 5) is 42.6. The van der Waals surface area contributed by atoms with Crippen molar-refractivity contribution in [2.75, 3.05) is 30.8 Å². The van der Waals surface area contributed by atoms with Crippen molar-refractivity contribution in [1.82, 2.24) is 10.2 Å². The van der Waals surface area contributed by atoms with Gasteiger partial charge in [-0.2, -0.15) is 0 Å². The predicted octanol–water partition coefficient (Wildman–Crippen LogP) is 3.18. The van der Waals surface area contributed by atoms with Gasteiger partial charge >= 0.3 is 0 Å². The van der Waals surface area contributed by atoms with Gasteiger partial charge in [-0.1, -0.05) is 18.2 Å². The van der Waals surface area contributed by atoms with Gasteiger partial charge in [0.1, 0.15) is 0 Å². The minimum Gasteiger partial charge on any atom is -0.349 e. The lowest BCUT2D eigenvalue weighted by Gasteiger charge is -2.33. The molecule has 7 heteroatoms. The minimum absolute atomic E-state index is 0.000243. The smallest absolute Gasteiger partial charge is 0.251 e. The second-order valence-electron chi connectivity index (χ2n) is 8.04. The maximum Gasteiger partial charge on any atom is 0.251 e. The number of carbonyl (C=O) groups excluding carboxylic acids is 3. The van der Waals surface area contributed by atoms with Crippen molar-refractivity contribution >= 4 is 35.2 Å². The van der Waals surface area contributed by atoms with Crippen molar-refractivity contribution in [1.29, 1.82) is 0 Å². The molecule has 2 saturated heterocycles. The Morgan fingerprint density at radius 2 is 1.68 bits per heavy atom. The van der Waals surface area contributed by atoms with Crippen LogP contribution in [0.5, 0.6) is 0 Å². The van der Waals surface area contributed by atoms with Crippen LogP contribution < -0.4 is 10.2 Å². The first-order valence-corrected chi connectivity index (χ1v) is 11.9. The summed E-state index contributed by atoms with van der Waals surface area (Å²) in [6, 6.07) is 17.1. The maximum absolute atomic E-state index is 13.0. The lowest BCUT2D eigenvalue weighted by molar-refractivity contribution is -0.136. The first-order valence-electron chi connectivity index (χ1n) is 10.6. The summed E-state index contributed by atoms with van der Waals surface area (Å²) in [6.07, 6.45) is 3.73. The van der Waals surface area contributed by atoms with E-state index in [9.17, 15) is 14.4 Å². The van der Waals surface area contributed by atoms with Crippen LogP contribution >= 0.6 is 11.8 Å². The number of hydrogen-bond acceptors (Lipinski definition) is 4. The lowest BCUT2D eigenvalue weighted by Crippen LogP contribution is -2.48. The summed E-state index contributed by atoms with van der Waals surface area (Å²) in [5.41, 5.74) is 1.50. The third kappa shape index (κ3) is 4.93. The molecule has 0 radical (unpaired) electrons. The van der Waals surface area contributed by atoms with E-state index < -0.39 is 0 Å². The Morgan fingerprint density at radius 3 is 2.32 bits per heavy atom. The monoisotopic (exact) mass is 437 g/mol. The van der Waals surface area contributed by atoms with Gasteiger partial charge in [-0.15, -0.1) is 11.8 Å². The van der Waals surface area contributed by atoms with Crippen LogP contribution in [0.2, 0.25) is 0 Å². The van der Waals surface area contributed by atoms with Gasteiger partial charge in [-0.25, -0.2) is 0 Å². The van der Waals surface area contributed by atoms with E-state index in [1.807, 2.05) is 53.6 Å². The van der Waals surface area contributed by atoms with Gasteiger partial charge in [-0.3, -0.25) is 14.4 Å². The molecule has 4 rings (SSSR count). The van der Waals surface area contributed by atoms with Gasteiger partial charge in [0.2, 0.25) is 11.8 Å². The summed E-state index contributed by atoms with van der Waals surface area (Å²) in [5, 5.41) is 3.07. The average molecular weight is 438 g/mol. The van der Waals surface area contributed by atoms with Crippen LogP contribution in [0.4, 0.5) is 5.69 Å². The molecule has 0 saturated carbocycles. The maximum atomic E-state index is 13.0. The molecule has 1 N–H and O–H groups in total. The SMILES string of the molecule is CSc1ccc(N2C[C@@H](C(=O)N3CCC(NC(=O)c4ccccc4)CC3)CC2=O)cc1. The molecule has 3 amide bonds. The third-order valence-corrected chi connectivity index (χ3v) is 6.78. The number of amides is 3. The average Bonchev–Trinajstić information content (AvgIpc) is 3.21. The molecule has 2 aromatic carbocycles. The summed E-state index contributed by atoms with van der Waals surface area (Å²) in [6.45, 7) is 1.64. The highest BCUT2D eigenvalue weighted by Gasteiger charge is 2.38. The fraction of sp³-hybridized carbons (Fsp3) is 0.375. The van der Waals surface area contributed by atoms with E-state index in [0.29, 0.717) is 25.2 Å². The summed E-state index contributed by atoms with van der Waals surface area (Å²) < 4.78 is 0. The molecular weight excluding hydrogens is 410 g/mol. The van der Waals surface area contributed by atoms with Crippen LogP contribution in [0, 0.1) is 5.92 Å². The molecule has 0 aromatic heterocycles. The van der Waals surface area contributed by atoms with E-state index in [4.69, 9.17) is 0 Å². The van der Waals surface area contributed by atoms with Crippen molar-refractivity contribution < 1.29 is 14.4 Å². The van der Waals surface area contributed by atoms with Crippen LogP contribution in [-0.4, -0.2) is 54.6 Å². The molecule has 31 heavy (non-hydrogen) atoms. The quantitative estimate of drug-likeness (QED) is 0.730. The van der Waals surface area contributed by atoms with E-state index in [0.717, 1.165) is 23.4 Å². The highest BCUT2D eigenvalue weighted by Crippen LogP contribution is 2.28. The number of piperidine rings is 1.